The summed E-state index contributed by atoms with van der Waals surface area (Å²) in [6, 6.07) is 5.25. The zero-order valence-corrected chi connectivity index (χ0v) is 11.1. The van der Waals surface area contributed by atoms with E-state index < -0.39 is 0 Å². The first-order valence-corrected chi connectivity index (χ1v) is 6.58. The van der Waals surface area contributed by atoms with E-state index in [4.69, 9.17) is 15.2 Å². The molecular weight excluding hydrogens is 244 g/mol. The number of nitrogens with two attached hydrogens (primary N) is 1. The molecule has 5 nitrogen and oxygen atoms in total. The molecule has 104 valence electrons. The molecule has 1 aromatic rings. The Morgan fingerprint density at radius 2 is 2.11 bits per heavy atom. The van der Waals surface area contributed by atoms with Crippen LogP contribution in [0.15, 0.2) is 18.2 Å². The fourth-order valence-electron chi connectivity index (χ4n) is 1.76. The maximum atomic E-state index is 12.0. The predicted octanol–water partition coefficient (Wildman–Crippen LogP) is 1.17. The van der Waals surface area contributed by atoms with Gasteiger partial charge in [0, 0.05) is 18.5 Å². The number of carbonyl (C=O) groups excluding carboxylic acids is 1. The van der Waals surface area contributed by atoms with Crippen molar-refractivity contribution in [2.24, 2.45) is 11.7 Å². The molecule has 0 aliphatic carbocycles. The van der Waals surface area contributed by atoms with Crippen LogP contribution in [0.3, 0.4) is 0 Å². The summed E-state index contributed by atoms with van der Waals surface area (Å²) in [4.78, 5) is 12.0. The Balaban J connectivity index is 2.04. The first-order chi connectivity index (χ1) is 9.20. The minimum Gasteiger partial charge on any atom is -0.490 e. The van der Waals surface area contributed by atoms with E-state index in [9.17, 15) is 4.79 Å². The lowest BCUT2D eigenvalue weighted by atomic mass is 10.1. The highest BCUT2D eigenvalue weighted by Crippen LogP contribution is 2.30. The topological polar surface area (TPSA) is 73.6 Å². The lowest BCUT2D eigenvalue weighted by Crippen LogP contribution is -2.31. The molecule has 5 heteroatoms. The van der Waals surface area contributed by atoms with Crippen LogP contribution < -0.4 is 20.5 Å². The average molecular weight is 264 g/mol. The normalized spacial score (nSPS) is 15.5. The molecule has 0 fully saturated rings. The zero-order chi connectivity index (χ0) is 13.7. The van der Waals surface area contributed by atoms with Crippen LogP contribution in [-0.2, 0) is 0 Å². The van der Waals surface area contributed by atoms with Crippen LogP contribution in [0.4, 0.5) is 0 Å². The largest absolute Gasteiger partial charge is 0.490 e. The quantitative estimate of drug-likeness (QED) is 0.856. The van der Waals surface area contributed by atoms with Crippen LogP contribution in [-0.4, -0.2) is 32.2 Å². The molecular formula is C14H20N2O3. The van der Waals surface area contributed by atoms with Gasteiger partial charge in [0.1, 0.15) is 0 Å². The number of fused-ring (bicyclic) bond motifs is 1. The number of carbonyl (C=O) groups is 1. The van der Waals surface area contributed by atoms with E-state index in [1.54, 1.807) is 18.2 Å². The van der Waals surface area contributed by atoms with Crippen LogP contribution in [0.1, 0.15) is 23.7 Å². The van der Waals surface area contributed by atoms with E-state index >= 15 is 0 Å². The minimum atomic E-state index is -0.115. The van der Waals surface area contributed by atoms with E-state index in [1.165, 1.54) is 0 Å². The standard InChI is InChI=1S/C14H20N2O3/c1-10(8-15)9-16-14(17)11-3-4-12-13(7-11)19-6-2-5-18-12/h3-4,7,10H,2,5-6,8-9,15H2,1H3,(H,16,17). The second-order valence-electron chi connectivity index (χ2n) is 4.76. The van der Waals surface area contributed by atoms with Crippen LogP contribution in [0.2, 0.25) is 0 Å². The van der Waals surface area contributed by atoms with E-state index in [0.29, 0.717) is 43.4 Å². The predicted molar refractivity (Wildman–Crippen MR) is 72.6 cm³/mol. The first kappa shape index (κ1) is 13.7. The number of hydrogen-bond acceptors (Lipinski definition) is 4. The van der Waals surface area contributed by atoms with Gasteiger partial charge in [-0.05, 0) is 30.7 Å². The molecule has 19 heavy (non-hydrogen) atoms. The first-order valence-electron chi connectivity index (χ1n) is 6.58. The van der Waals surface area contributed by atoms with Gasteiger partial charge < -0.3 is 20.5 Å². The van der Waals surface area contributed by atoms with Gasteiger partial charge in [0.2, 0.25) is 0 Å². The van der Waals surface area contributed by atoms with Gasteiger partial charge in [-0.2, -0.15) is 0 Å². The highest BCUT2D eigenvalue weighted by atomic mass is 16.5. The Labute approximate surface area is 113 Å². The van der Waals surface area contributed by atoms with Crippen molar-refractivity contribution >= 4 is 5.91 Å². The number of ether oxygens (including phenoxy) is 2. The molecule has 0 bridgehead atoms. The Bertz CT molecular complexity index is 448. The van der Waals surface area contributed by atoms with Crippen molar-refractivity contribution in [1.29, 1.82) is 0 Å². The Morgan fingerprint density at radius 1 is 1.37 bits per heavy atom. The summed E-state index contributed by atoms with van der Waals surface area (Å²) in [5, 5.41) is 2.86. The molecule has 1 aliphatic heterocycles. The summed E-state index contributed by atoms with van der Waals surface area (Å²) < 4.78 is 11.1. The molecule has 1 unspecified atom stereocenters. The van der Waals surface area contributed by atoms with Gasteiger partial charge in [0.15, 0.2) is 11.5 Å². The molecule has 1 aliphatic rings. The Hall–Kier alpha value is -1.75. The van der Waals surface area contributed by atoms with Crippen molar-refractivity contribution < 1.29 is 14.3 Å². The van der Waals surface area contributed by atoms with Crippen molar-refractivity contribution in [1.82, 2.24) is 5.32 Å². The van der Waals surface area contributed by atoms with Crippen molar-refractivity contribution in [2.45, 2.75) is 13.3 Å². The summed E-state index contributed by atoms with van der Waals surface area (Å²) in [7, 11) is 0. The van der Waals surface area contributed by atoms with Crippen LogP contribution in [0, 0.1) is 5.92 Å². The van der Waals surface area contributed by atoms with E-state index in [1.807, 2.05) is 6.92 Å². The van der Waals surface area contributed by atoms with Gasteiger partial charge in [-0.1, -0.05) is 6.92 Å². The number of rotatable bonds is 4. The van der Waals surface area contributed by atoms with Crippen molar-refractivity contribution in [3.8, 4) is 11.5 Å². The zero-order valence-electron chi connectivity index (χ0n) is 11.1. The van der Waals surface area contributed by atoms with Gasteiger partial charge in [-0.15, -0.1) is 0 Å². The molecule has 0 spiro atoms. The summed E-state index contributed by atoms with van der Waals surface area (Å²) in [6.07, 6.45) is 0.851. The molecule has 0 saturated carbocycles. The van der Waals surface area contributed by atoms with E-state index in [-0.39, 0.29) is 11.8 Å². The number of hydrogen-bond donors (Lipinski definition) is 2. The molecule has 1 amide bonds. The lowest BCUT2D eigenvalue weighted by Gasteiger charge is -2.12. The molecule has 0 radical (unpaired) electrons. The van der Waals surface area contributed by atoms with Crippen molar-refractivity contribution in [3.63, 3.8) is 0 Å². The molecule has 1 atom stereocenters. The molecule has 0 saturated heterocycles. The molecule has 2 rings (SSSR count). The maximum Gasteiger partial charge on any atom is 0.251 e. The third kappa shape index (κ3) is 3.61. The monoisotopic (exact) mass is 264 g/mol. The SMILES string of the molecule is CC(CN)CNC(=O)c1ccc2c(c1)OCCCO2. The van der Waals surface area contributed by atoms with Crippen LogP contribution in [0.5, 0.6) is 11.5 Å². The summed E-state index contributed by atoms with van der Waals surface area (Å²) in [6.45, 7) is 4.38. The molecule has 0 aromatic heterocycles. The van der Waals surface area contributed by atoms with E-state index in [0.717, 1.165) is 6.42 Å². The molecule has 1 heterocycles. The molecule has 3 N–H and O–H groups in total. The maximum absolute atomic E-state index is 12.0. The number of nitrogens with one attached hydrogen (secondary N) is 1. The van der Waals surface area contributed by atoms with Crippen molar-refractivity contribution in [3.05, 3.63) is 23.8 Å². The Morgan fingerprint density at radius 3 is 2.84 bits per heavy atom. The van der Waals surface area contributed by atoms with Crippen LogP contribution >= 0.6 is 0 Å². The fraction of sp³-hybridized carbons (Fsp3) is 0.500. The van der Waals surface area contributed by atoms with Crippen LogP contribution in [0.25, 0.3) is 0 Å². The van der Waals surface area contributed by atoms with Gasteiger partial charge in [-0.3, -0.25) is 4.79 Å². The number of benzene rings is 1. The third-order valence-electron chi connectivity index (χ3n) is 3.02. The summed E-state index contributed by atoms with van der Waals surface area (Å²) >= 11 is 0. The lowest BCUT2D eigenvalue weighted by molar-refractivity contribution is 0.0948. The smallest absolute Gasteiger partial charge is 0.251 e. The van der Waals surface area contributed by atoms with Crippen molar-refractivity contribution in [2.75, 3.05) is 26.3 Å². The van der Waals surface area contributed by atoms with Gasteiger partial charge in [0.25, 0.3) is 5.91 Å². The summed E-state index contributed by atoms with van der Waals surface area (Å²) in [5.41, 5.74) is 6.09. The molecule has 1 aromatic carbocycles. The second-order valence-corrected chi connectivity index (χ2v) is 4.76. The third-order valence-corrected chi connectivity index (χ3v) is 3.02. The minimum absolute atomic E-state index is 0.115. The van der Waals surface area contributed by atoms with Gasteiger partial charge in [-0.25, -0.2) is 0 Å². The van der Waals surface area contributed by atoms with Gasteiger partial charge >= 0.3 is 0 Å². The highest BCUT2D eigenvalue weighted by molar-refractivity contribution is 5.94. The fourth-order valence-corrected chi connectivity index (χ4v) is 1.76. The van der Waals surface area contributed by atoms with Gasteiger partial charge in [0.05, 0.1) is 13.2 Å². The number of amides is 1. The highest BCUT2D eigenvalue weighted by Gasteiger charge is 2.14. The second kappa shape index (κ2) is 6.43. The summed E-state index contributed by atoms with van der Waals surface area (Å²) in [5.74, 6) is 1.49. The average Bonchev–Trinajstić information content (AvgIpc) is 2.68. The Kier molecular flexibility index (Phi) is 4.63. The van der Waals surface area contributed by atoms with E-state index in [2.05, 4.69) is 5.32 Å².